The minimum atomic E-state index is -0.670. The first-order chi connectivity index (χ1) is 11.5. The van der Waals surface area contributed by atoms with Gasteiger partial charge in [-0.15, -0.1) is 11.3 Å². The molecule has 0 radical (unpaired) electrons. The molecule has 3 rings (SSSR count). The second-order valence-corrected chi connectivity index (χ2v) is 6.90. The third-order valence-electron chi connectivity index (χ3n) is 3.29. The third-order valence-corrected chi connectivity index (χ3v) is 4.57. The van der Waals surface area contributed by atoms with Gasteiger partial charge in [-0.1, -0.05) is 16.8 Å². The molecule has 0 fully saturated rings. The molecule has 6 nitrogen and oxygen atoms in total. The first kappa shape index (κ1) is 16.5. The van der Waals surface area contributed by atoms with Crippen LogP contribution in [0.25, 0.3) is 0 Å². The first-order valence-corrected chi connectivity index (χ1v) is 8.37. The number of halogens is 1. The molecule has 2 aromatic rings. The Bertz CT molecular complexity index is 801. The fourth-order valence-electron chi connectivity index (χ4n) is 2.20. The molecule has 0 unspecified atom stereocenters. The molecule has 1 aromatic carbocycles. The van der Waals surface area contributed by atoms with Crippen LogP contribution in [-0.2, 0) is 14.4 Å². The van der Waals surface area contributed by atoms with Crippen LogP contribution in [0.15, 0.2) is 41.6 Å². The van der Waals surface area contributed by atoms with Crippen LogP contribution in [0.3, 0.4) is 0 Å². The van der Waals surface area contributed by atoms with Crippen molar-refractivity contribution in [3.8, 4) is 0 Å². The van der Waals surface area contributed by atoms with Crippen molar-refractivity contribution in [3.05, 3.63) is 45.6 Å². The lowest BCUT2D eigenvalue weighted by molar-refractivity contribution is -0.125. The van der Waals surface area contributed by atoms with Crippen molar-refractivity contribution in [2.45, 2.75) is 19.4 Å². The van der Waals surface area contributed by atoms with Crippen LogP contribution in [0.5, 0.6) is 0 Å². The van der Waals surface area contributed by atoms with E-state index in [1.807, 2.05) is 6.07 Å². The van der Waals surface area contributed by atoms with E-state index in [1.54, 1.807) is 30.3 Å². The van der Waals surface area contributed by atoms with E-state index in [0.29, 0.717) is 27.8 Å². The number of thiophene rings is 1. The van der Waals surface area contributed by atoms with Crippen molar-refractivity contribution < 1.29 is 14.4 Å². The van der Waals surface area contributed by atoms with Crippen LogP contribution in [0.4, 0.5) is 11.4 Å². The summed E-state index contributed by atoms with van der Waals surface area (Å²) < 4.78 is 0.667. The van der Waals surface area contributed by atoms with Gasteiger partial charge in [0, 0.05) is 24.7 Å². The maximum atomic E-state index is 12.3. The molecule has 0 bridgehead atoms. The number of hydrogen-bond donors (Lipinski definition) is 2. The number of carbonyl (C=O) groups excluding carboxylic acids is 2. The van der Waals surface area contributed by atoms with E-state index in [4.69, 9.17) is 16.4 Å². The van der Waals surface area contributed by atoms with E-state index in [-0.39, 0.29) is 11.8 Å². The van der Waals surface area contributed by atoms with E-state index in [0.717, 1.165) is 4.88 Å². The molecule has 24 heavy (non-hydrogen) atoms. The summed E-state index contributed by atoms with van der Waals surface area (Å²) in [5.41, 5.74) is 2.00. The highest BCUT2D eigenvalue weighted by Gasteiger charge is 2.29. The van der Waals surface area contributed by atoms with Gasteiger partial charge in [-0.3, -0.25) is 9.59 Å². The zero-order valence-corrected chi connectivity index (χ0v) is 14.3. The number of rotatable bonds is 4. The third kappa shape index (κ3) is 3.93. The van der Waals surface area contributed by atoms with Crippen molar-refractivity contribution in [3.63, 3.8) is 0 Å². The van der Waals surface area contributed by atoms with Crippen molar-refractivity contribution >= 4 is 51.8 Å². The molecule has 1 aliphatic heterocycles. The summed E-state index contributed by atoms with van der Waals surface area (Å²) in [6.07, 6.45) is -0.275. The van der Waals surface area contributed by atoms with E-state index >= 15 is 0 Å². The van der Waals surface area contributed by atoms with E-state index in [9.17, 15) is 9.59 Å². The molecule has 8 heteroatoms. The molecule has 0 spiro atoms. The molecule has 0 aliphatic carbocycles. The van der Waals surface area contributed by atoms with Crippen molar-refractivity contribution in [1.29, 1.82) is 0 Å². The predicted molar refractivity (Wildman–Crippen MR) is 94.7 cm³/mol. The van der Waals surface area contributed by atoms with Crippen LogP contribution in [0.2, 0.25) is 4.34 Å². The lowest BCUT2D eigenvalue weighted by Crippen LogP contribution is -2.27. The monoisotopic (exact) mass is 363 g/mol. The van der Waals surface area contributed by atoms with Crippen molar-refractivity contribution in [2.75, 3.05) is 10.6 Å². The Balaban J connectivity index is 1.57. The summed E-state index contributed by atoms with van der Waals surface area (Å²) in [5, 5.41) is 9.40. The first-order valence-electron chi connectivity index (χ1n) is 7.18. The maximum Gasteiger partial charge on any atom is 0.268 e. The van der Waals surface area contributed by atoms with Gasteiger partial charge in [0.2, 0.25) is 12.0 Å². The maximum absolute atomic E-state index is 12.3. The lowest BCUT2D eigenvalue weighted by atomic mass is 10.1. The fraction of sp³-hybridized carbons (Fsp3) is 0.188. The molecule has 1 aromatic heterocycles. The van der Waals surface area contributed by atoms with Gasteiger partial charge in [0.05, 0.1) is 9.21 Å². The molecular formula is C16H14ClN3O3S. The number of oxime groups is 1. The SMILES string of the molecule is CC(=O)Nc1ccc(NC(=O)[C@H]2CC(c3ccc(Cl)s3)=NO2)cc1. The van der Waals surface area contributed by atoms with Crippen LogP contribution < -0.4 is 10.6 Å². The van der Waals surface area contributed by atoms with E-state index < -0.39 is 6.10 Å². The Kier molecular flexibility index (Phi) is 4.82. The van der Waals surface area contributed by atoms with E-state index in [1.165, 1.54) is 18.3 Å². The van der Waals surface area contributed by atoms with E-state index in [2.05, 4.69) is 15.8 Å². The van der Waals surface area contributed by atoms with Gasteiger partial charge in [-0.05, 0) is 36.4 Å². The normalized spacial score (nSPS) is 16.2. The van der Waals surface area contributed by atoms with Gasteiger partial charge >= 0.3 is 0 Å². The van der Waals surface area contributed by atoms with Crippen LogP contribution in [-0.4, -0.2) is 23.6 Å². The molecule has 2 heterocycles. The van der Waals surface area contributed by atoms with Crippen molar-refractivity contribution in [1.82, 2.24) is 0 Å². The standard InChI is InChI=1S/C16H14ClN3O3S/c1-9(21)18-10-2-4-11(5-3-10)19-16(22)13-8-12(20-23-13)14-6-7-15(17)24-14/h2-7,13H,8H2,1H3,(H,18,21)(H,19,22)/t13-/m1/s1. The van der Waals surface area contributed by atoms with Crippen LogP contribution >= 0.6 is 22.9 Å². The van der Waals surface area contributed by atoms with Crippen LogP contribution in [0.1, 0.15) is 18.2 Å². The molecule has 0 saturated heterocycles. The lowest BCUT2D eigenvalue weighted by Gasteiger charge is -2.10. The number of carbonyl (C=O) groups is 2. The van der Waals surface area contributed by atoms with Gasteiger partial charge in [0.25, 0.3) is 5.91 Å². The van der Waals surface area contributed by atoms with Crippen LogP contribution in [0, 0.1) is 0 Å². The molecule has 2 amide bonds. The number of amides is 2. The highest BCUT2D eigenvalue weighted by molar-refractivity contribution is 7.18. The Morgan fingerprint density at radius 2 is 1.83 bits per heavy atom. The van der Waals surface area contributed by atoms with Gasteiger partial charge in [-0.2, -0.15) is 0 Å². The largest absolute Gasteiger partial charge is 0.382 e. The van der Waals surface area contributed by atoms with Gasteiger partial charge in [0.1, 0.15) is 5.71 Å². The molecular weight excluding hydrogens is 350 g/mol. The Labute approximate surface area is 147 Å². The quantitative estimate of drug-likeness (QED) is 0.872. The Morgan fingerprint density at radius 1 is 1.17 bits per heavy atom. The minimum Gasteiger partial charge on any atom is -0.382 e. The van der Waals surface area contributed by atoms with Gasteiger partial charge in [0.15, 0.2) is 0 Å². The van der Waals surface area contributed by atoms with Gasteiger partial charge in [-0.25, -0.2) is 0 Å². The summed E-state index contributed by atoms with van der Waals surface area (Å²) in [6.45, 7) is 1.44. The predicted octanol–water partition coefficient (Wildman–Crippen LogP) is 3.49. The highest BCUT2D eigenvalue weighted by atomic mass is 35.5. The topological polar surface area (TPSA) is 79.8 Å². The second-order valence-electron chi connectivity index (χ2n) is 5.19. The molecule has 2 N–H and O–H groups in total. The summed E-state index contributed by atoms with van der Waals surface area (Å²) in [5.74, 6) is -0.423. The summed E-state index contributed by atoms with van der Waals surface area (Å²) in [4.78, 5) is 29.4. The number of nitrogens with one attached hydrogen (secondary N) is 2. The van der Waals surface area contributed by atoms with Gasteiger partial charge < -0.3 is 15.5 Å². The van der Waals surface area contributed by atoms with Crippen molar-refractivity contribution in [2.24, 2.45) is 5.16 Å². The minimum absolute atomic E-state index is 0.149. The zero-order chi connectivity index (χ0) is 17.1. The number of hydrogen-bond acceptors (Lipinski definition) is 5. The summed E-state index contributed by atoms with van der Waals surface area (Å²) in [7, 11) is 0. The fourth-order valence-corrected chi connectivity index (χ4v) is 3.23. The highest BCUT2D eigenvalue weighted by Crippen LogP contribution is 2.26. The second kappa shape index (κ2) is 7.02. The molecule has 124 valence electrons. The smallest absolute Gasteiger partial charge is 0.268 e. The zero-order valence-electron chi connectivity index (χ0n) is 12.7. The molecule has 1 atom stereocenters. The average Bonchev–Trinajstić information content (AvgIpc) is 3.17. The molecule has 1 aliphatic rings. The summed E-state index contributed by atoms with van der Waals surface area (Å²) >= 11 is 7.30. The Morgan fingerprint density at radius 3 is 2.42 bits per heavy atom. The molecule has 0 saturated carbocycles. The average molecular weight is 364 g/mol. The summed E-state index contributed by atoms with van der Waals surface area (Å²) in [6, 6.07) is 10.5. The Hall–Kier alpha value is -2.38. The number of anilines is 2. The number of benzene rings is 1. The number of nitrogens with zero attached hydrogens (tertiary/aromatic N) is 1.